The topological polar surface area (TPSA) is 75.4 Å². The second kappa shape index (κ2) is 5.64. The van der Waals surface area contributed by atoms with Crippen LogP contribution in [0.2, 0.25) is 0 Å². The van der Waals surface area contributed by atoms with Crippen LogP contribution in [0, 0.1) is 12.8 Å². The van der Waals surface area contributed by atoms with Crippen molar-refractivity contribution < 1.29 is 14.7 Å². The van der Waals surface area contributed by atoms with Gasteiger partial charge in [0.1, 0.15) is 0 Å². The van der Waals surface area contributed by atoms with Crippen LogP contribution in [0.1, 0.15) is 43.7 Å². The predicted octanol–water partition coefficient (Wildman–Crippen LogP) is 1.74. The predicted molar refractivity (Wildman–Crippen MR) is 75.7 cm³/mol. The highest BCUT2D eigenvalue weighted by atomic mass is 16.4. The Morgan fingerprint density at radius 1 is 1.45 bits per heavy atom. The Morgan fingerprint density at radius 3 is 2.40 bits per heavy atom. The van der Waals surface area contributed by atoms with E-state index in [0.717, 1.165) is 5.69 Å². The maximum atomic E-state index is 12.3. The second-order valence-electron chi connectivity index (χ2n) is 6.15. The van der Waals surface area contributed by atoms with Gasteiger partial charge in [0.2, 0.25) is 0 Å². The highest BCUT2D eigenvalue weighted by Gasteiger charge is 2.24. The number of carbonyl (C=O) groups excluding carboxylic acids is 1. The summed E-state index contributed by atoms with van der Waals surface area (Å²) in [5.74, 6) is -1.71. The van der Waals surface area contributed by atoms with E-state index < -0.39 is 11.9 Å². The lowest BCUT2D eigenvalue weighted by Crippen LogP contribution is -2.34. The maximum Gasteiger partial charge on any atom is 0.308 e. The first-order chi connectivity index (χ1) is 9.05. The number of hydrogen-bond acceptors (Lipinski definition) is 3. The van der Waals surface area contributed by atoms with Crippen LogP contribution in [-0.4, -0.2) is 45.3 Å². The number of carboxylic acids is 1. The number of amides is 1. The van der Waals surface area contributed by atoms with Gasteiger partial charge in [-0.15, -0.1) is 0 Å². The zero-order valence-electron chi connectivity index (χ0n) is 13.0. The normalized spacial score (nSPS) is 13.1. The van der Waals surface area contributed by atoms with Gasteiger partial charge < -0.3 is 10.0 Å². The van der Waals surface area contributed by atoms with Gasteiger partial charge in [-0.2, -0.15) is 5.10 Å². The summed E-state index contributed by atoms with van der Waals surface area (Å²) in [6, 6.07) is 0. The van der Waals surface area contributed by atoms with E-state index in [1.807, 2.05) is 27.7 Å². The highest BCUT2D eigenvalue weighted by Crippen LogP contribution is 2.19. The molecule has 0 saturated heterocycles. The Labute approximate surface area is 119 Å². The third-order valence-electron chi connectivity index (χ3n) is 3.19. The second-order valence-corrected chi connectivity index (χ2v) is 6.15. The van der Waals surface area contributed by atoms with Gasteiger partial charge >= 0.3 is 5.97 Å². The zero-order chi connectivity index (χ0) is 15.7. The summed E-state index contributed by atoms with van der Waals surface area (Å²) in [4.78, 5) is 24.6. The molecule has 6 heteroatoms. The quantitative estimate of drug-likeness (QED) is 0.912. The molecule has 0 saturated carbocycles. The monoisotopic (exact) mass is 281 g/mol. The van der Waals surface area contributed by atoms with E-state index in [-0.39, 0.29) is 18.0 Å². The molecule has 20 heavy (non-hydrogen) atoms. The fourth-order valence-electron chi connectivity index (χ4n) is 2.07. The van der Waals surface area contributed by atoms with Gasteiger partial charge in [-0.25, -0.2) is 0 Å². The van der Waals surface area contributed by atoms with E-state index >= 15 is 0 Å². The molecule has 0 aromatic carbocycles. The molecule has 1 N–H and O–H groups in total. The van der Waals surface area contributed by atoms with Crippen molar-refractivity contribution in [3.05, 3.63) is 17.5 Å². The first kappa shape index (κ1) is 16.2. The summed E-state index contributed by atoms with van der Waals surface area (Å²) in [7, 11) is 1.61. The van der Waals surface area contributed by atoms with E-state index in [1.165, 1.54) is 4.90 Å². The lowest BCUT2D eigenvalue weighted by atomic mass is 10.1. The van der Waals surface area contributed by atoms with E-state index in [4.69, 9.17) is 5.11 Å². The SMILES string of the molecule is Cc1c(C(=O)N(C)CC(C)C(=O)O)cnn1C(C)(C)C. The Hall–Kier alpha value is -1.85. The molecule has 112 valence electrons. The number of carbonyl (C=O) groups is 2. The van der Waals surface area contributed by atoms with Gasteiger partial charge in [0.05, 0.1) is 23.2 Å². The van der Waals surface area contributed by atoms with Crippen LogP contribution in [0.5, 0.6) is 0 Å². The van der Waals surface area contributed by atoms with Crippen molar-refractivity contribution in [1.29, 1.82) is 0 Å². The number of aromatic nitrogens is 2. The Bertz CT molecular complexity index is 514. The molecule has 1 unspecified atom stereocenters. The minimum atomic E-state index is -0.910. The van der Waals surface area contributed by atoms with E-state index in [9.17, 15) is 9.59 Å². The van der Waals surface area contributed by atoms with Crippen LogP contribution >= 0.6 is 0 Å². The summed E-state index contributed by atoms with van der Waals surface area (Å²) >= 11 is 0. The third kappa shape index (κ3) is 3.37. The average Bonchev–Trinajstić information content (AvgIpc) is 2.69. The molecular formula is C14H23N3O3. The van der Waals surface area contributed by atoms with Crippen molar-refractivity contribution >= 4 is 11.9 Å². The Kier molecular flexibility index (Phi) is 4.57. The largest absolute Gasteiger partial charge is 0.481 e. The third-order valence-corrected chi connectivity index (χ3v) is 3.19. The molecule has 1 heterocycles. The molecular weight excluding hydrogens is 258 g/mol. The molecule has 0 aliphatic carbocycles. The number of carboxylic acid groups (broad SMARTS) is 1. The summed E-state index contributed by atoms with van der Waals surface area (Å²) < 4.78 is 1.80. The first-order valence-electron chi connectivity index (χ1n) is 6.59. The highest BCUT2D eigenvalue weighted by molar-refractivity contribution is 5.95. The summed E-state index contributed by atoms with van der Waals surface area (Å²) in [6.45, 7) is 9.64. The molecule has 1 rings (SSSR count). The van der Waals surface area contributed by atoms with E-state index in [1.54, 1.807) is 24.9 Å². The number of hydrogen-bond donors (Lipinski definition) is 1. The van der Waals surface area contributed by atoms with Gasteiger partial charge in [0, 0.05) is 19.3 Å². The standard InChI is InChI=1S/C14H23N3O3/c1-9(13(19)20)8-16(6)12(18)11-7-15-17(10(11)2)14(3,4)5/h7,9H,8H2,1-6H3,(H,19,20). The molecule has 0 radical (unpaired) electrons. The van der Waals surface area contributed by atoms with E-state index in [2.05, 4.69) is 5.10 Å². The minimum Gasteiger partial charge on any atom is -0.481 e. The smallest absolute Gasteiger partial charge is 0.308 e. The van der Waals surface area contributed by atoms with Crippen LogP contribution in [0.15, 0.2) is 6.20 Å². The summed E-state index contributed by atoms with van der Waals surface area (Å²) in [5, 5.41) is 13.2. The first-order valence-corrected chi connectivity index (χ1v) is 6.59. The van der Waals surface area contributed by atoms with Gasteiger partial charge in [-0.3, -0.25) is 14.3 Å². The molecule has 0 spiro atoms. The number of rotatable bonds is 4. The fourth-order valence-corrected chi connectivity index (χ4v) is 2.07. The molecule has 0 aliphatic heterocycles. The van der Waals surface area contributed by atoms with Gasteiger partial charge in [0.15, 0.2) is 0 Å². The average molecular weight is 281 g/mol. The molecule has 1 aromatic heterocycles. The summed E-state index contributed by atoms with van der Waals surface area (Å²) in [6.07, 6.45) is 1.55. The molecule has 6 nitrogen and oxygen atoms in total. The number of aliphatic carboxylic acids is 1. The molecule has 0 aliphatic rings. The van der Waals surface area contributed by atoms with Crippen LogP contribution < -0.4 is 0 Å². The fraction of sp³-hybridized carbons (Fsp3) is 0.643. The van der Waals surface area contributed by atoms with Gasteiger partial charge in [-0.1, -0.05) is 6.92 Å². The van der Waals surface area contributed by atoms with Gasteiger partial charge in [-0.05, 0) is 27.7 Å². The van der Waals surface area contributed by atoms with Crippen molar-refractivity contribution in [3.8, 4) is 0 Å². The molecule has 1 atom stereocenters. The zero-order valence-corrected chi connectivity index (χ0v) is 13.0. The van der Waals surface area contributed by atoms with Crippen molar-refractivity contribution in [3.63, 3.8) is 0 Å². The van der Waals surface area contributed by atoms with Crippen LogP contribution in [-0.2, 0) is 10.3 Å². The Balaban J connectivity index is 2.94. The molecule has 1 amide bonds. The lowest BCUT2D eigenvalue weighted by molar-refractivity contribution is -0.141. The molecule has 0 bridgehead atoms. The van der Waals surface area contributed by atoms with Crippen LogP contribution in [0.4, 0.5) is 0 Å². The Morgan fingerprint density at radius 2 is 2.00 bits per heavy atom. The van der Waals surface area contributed by atoms with E-state index in [0.29, 0.717) is 5.56 Å². The van der Waals surface area contributed by atoms with Gasteiger partial charge in [0.25, 0.3) is 5.91 Å². The van der Waals surface area contributed by atoms with Crippen LogP contribution in [0.25, 0.3) is 0 Å². The summed E-state index contributed by atoms with van der Waals surface area (Å²) in [5.41, 5.74) is 1.10. The molecule has 0 fully saturated rings. The van der Waals surface area contributed by atoms with Crippen molar-refractivity contribution in [2.24, 2.45) is 5.92 Å². The lowest BCUT2D eigenvalue weighted by Gasteiger charge is -2.22. The van der Waals surface area contributed by atoms with Crippen molar-refractivity contribution in [2.75, 3.05) is 13.6 Å². The van der Waals surface area contributed by atoms with Crippen LogP contribution in [0.3, 0.4) is 0 Å². The van der Waals surface area contributed by atoms with Crippen molar-refractivity contribution in [2.45, 2.75) is 40.2 Å². The minimum absolute atomic E-state index is 0.175. The number of nitrogens with zero attached hydrogens (tertiary/aromatic N) is 3. The van der Waals surface area contributed by atoms with Crippen molar-refractivity contribution in [1.82, 2.24) is 14.7 Å². The molecule has 1 aromatic rings. The maximum absolute atomic E-state index is 12.3.